The van der Waals surface area contributed by atoms with Crippen LogP contribution in [0, 0.1) is 33.5 Å². The normalized spacial score (nSPS) is 12.1. The number of carbonyl (C=O) groups excluding carboxylic acids is 2. The molecule has 0 unspecified atom stereocenters. The van der Waals surface area contributed by atoms with E-state index in [-0.39, 0.29) is 22.7 Å². The molecule has 2 aromatic rings. The van der Waals surface area contributed by atoms with E-state index in [1.165, 1.54) is 44.9 Å². The molecule has 0 spiro atoms. The van der Waals surface area contributed by atoms with E-state index < -0.39 is 10.8 Å². The van der Waals surface area contributed by atoms with Crippen molar-refractivity contribution in [2.75, 3.05) is 27.4 Å². The molecule has 2 aromatic carbocycles. The van der Waals surface area contributed by atoms with Gasteiger partial charge in [-0.25, -0.2) is 0 Å². The Morgan fingerprint density at radius 2 is 0.863 bits per heavy atom. The van der Waals surface area contributed by atoms with Crippen LogP contribution < -0.4 is 18.9 Å². The molecule has 0 saturated heterocycles. The first-order valence-electron chi connectivity index (χ1n) is 18.2. The summed E-state index contributed by atoms with van der Waals surface area (Å²) >= 11 is 0. The Kier molecular flexibility index (Phi) is 18.1. The van der Waals surface area contributed by atoms with Crippen LogP contribution in [0.25, 0.3) is 12.2 Å². The fourth-order valence-electron chi connectivity index (χ4n) is 5.38. The van der Waals surface area contributed by atoms with Crippen LogP contribution >= 0.6 is 0 Å². The number of Topliss-reactive ketones (excluding diaryl/α,β-unsaturated/α-hetero) is 2. The molecule has 0 radical (unpaired) electrons. The summed E-state index contributed by atoms with van der Waals surface area (Å²) in [6.45, 7) is 12.0. The summed E-state index contributed by atoms with van der Waals surface area (Å²) in [5.74, 6) is 2.10. The zero-order valence-corrected chi connectivity index (χ0v) is 32.2. The zero-order valence-electron chi connectivity index (χ0n) is 32.2. The molecule has 0 bridgehead atoms. The lowest BCUT2D eigenvalue weighted by Gasteiger charge is -2.15. The van der Waals surface area contributed by atoms with E-state index in [1.54, 1.807) is 80.0 Å². The molecular weight excluding hydrogens is 640 g/mol. The number of allylic oxidation sites excluding steroid dienone is 2. The Hall–Kier alpha value is -4.56. The Morgan fingerprint density at radius 1 is 0.549 bits per heavy atom. The van der Waals surface area contributed by atoms with Crippen LogP contribution in [0.3, 0.4) is 0 Å². The number of unbranched alkanes of at least 4 members (excludes halogenated alkanes) is 10. The number of nitriles is 2. The van der Waals surface area contributed by atoms with Gasteiger partial charge in [-0.15, -0.1) is 0 Å². The first-order chi connectivity index (χ1) is 24.2. The van der Waals surface area contributed by atoms with Crippen LogP contribution in [0.4, 0.5) is 0 Å². The maximum Gasteiger partial charge on any atom is 0.178 e. The van der Waals surface area contributed by atoms with Crippen molar-refractivity contribution in [2.24, 2.45) is 10.8 Å². The van der Waals surface area contributed by atoms with Crippen molar-refractivity contribution in [1.82, 2.24) is 0 Å². The number of methoxy groups -OCH3 is 2. The minimum atomic E-state index is -0.623. The van der Waals surface area contributed by atoms with Crippen LogP contribution in [0.1, 0.15) is 123 Å². The lowest BCUT2D eigenvalue weighted by atomic mass is 9.86. The van der Waals surface area contributed by atoms with Gasteiger partial charge in [0.2, 0.25) is 0 Å². The first kappa shape index (κ1) is 42.6. The monoisotopic (exact) mass is 698 g/mol. The van der Waals surface area contributed by atoms with Gasteiger partial charge in [0.05, 0.1) is 38.6 Å². The third kappa shape index (κ3) is 15.1. The number of rotatable bonds is 22. The molecule has 0 aliphatic rings. The molecule has 0 N–H and O–H groups in total. The average Bonchev–Trinajstić information content (AvgIpc) is 3.10. The molecule has 0 aliphatic carbocycles. The fraction of sp³-hybridized carbons (Fsp3) is 0.535. The smallest absolute Gasteiger partial charge is 0.178 e. The molecule has 8 nitrogen and oxygen atoms in total. The van der Waals surface area contributed by atoms with Crippen LogP contribution in [-0.4, -0.2) is 39.0 Å². The van der Waals surface area contributed by atoms with Crippen molar-refractivity contribution in [3.05, 3.63) is 58.7 Å². The zero-order chi connectivity index (χ0) is 37.9. The Morgan fingerprint density at radius 3 is 1.14 bits per heavy atom. The summed E-state index contributed by atoms with van der Waals surface area (Å²) < 4.78 is 23.0. The third-order valence-corrected chi connectivity index (χ3v) is 8.39. The SMILES string of the molecule is COc1cc(C=C(C#N)C(=O)C(C)(C)C)ccc1OCCCCCCCCCCCCCOc1ccc(C=C(C#N)C(=O)C(C)(C)C)cc1OC. The lowest BCUT2D eigenvalue weighted by Crippen LogP contribution is -2.21. The topological polar surface area (TPSA) is 119 Å². The van der Waals surface area contributed by atoms with E-state index in [4.69, 9.17) is 18.9 Å². The van der Waals surface area contributed by atoms with Crippen LogP contribution in [0.15, 0.2) is 47.5 Å². The first-order valence-corrected chi connectivity index (χ1v) is 18.2. The number of hydrogen-bond donors (Lipinski definition) is 0. The van der Waals surface area contributed by atoms with E-state index in [9.17, 15) is 20.1 Å². The van der Waals surface area contributed by atoms with Crippen molar-refractivity contribution in [3.63, 3.8) is 0 Å². The highest BCUT2D eigenvalue weighted by Crippen LogP contribution is 2.31. The van der Waals surface area contributed by atoms with Crippen molar-refractivity contribution < 1.29 is 28.5 Å². The summed E-state index contributed by atoms with van der Waals surface area (Å²) in [4.78, 5) is 25.1. The maximum atomic E-state index is 12.5. The summed E-state index contributed by atoms with van der Waals surface area (Å²) in [6, 6.07) is 15.0. The highest BCUT2D eigenvalue weighted by atomic mass is 16.5. The van der Waals surface area contributed by atoms with Gasteiger partial charge < -0.3 is 18.9 Å². The van der Waals surface area contributed by atoms with Crippen molar-refractivity contribution in [3.8, 4) is 35.1 Å². The van der Waals surface area contributed by atoms with E-state index in [0.717, 1.165) is 36.8 Å². The van der Waals surface area contributed by atoms with E-state index in [0.29, 0.717) is 36.2 Å². The number of hydrogen-bond acceptors (Lipinski definition) is 8. The fourth-order valence-corrected chi connectivity index (χ4v) is 5.38. The highest BCUT2D eigenvalue weighted by molar-refractivity contribution is 6.06. The van der Waals surface area contributed by atoms with Gasteiger partial charge in [0.15, 0.2) is 34.6 Å². The van der Waals surface area contributed by atoms with Crippen LogP contribution in [0.5, 0.6) is 23.0 Å². The second-order valence-electron chi connectivity index (χ2n) is 14.9. The molecule has 0 amide bonds. The van der Waals surface area contributed by atoms with Gasteiger partial charge in [0, 0.05) is 10.8 Å². The van der Waals surface area contributed by atoms with Gasteiger partial charge in [-0.3, -0.25) is 9.59 Å². The molecule has 0 saturated carbocycles. The minimum Gasteiger partial charge on any atom is -0.493 e. The lowest BCUT2D eigenvalue weighted by molar-refractivity contribution is -0.122. The minimum absolute atomic E-state index is 0.125. The molecule has 0 aromatic heterocycles. The molecule has 276 valence electrons. The van der Waals surface area contributed by atoms with Crippen molar-refractivity contribution in [2.45, 2.75) is 112 Å². The molecule has 8 heteroatoms. The quantitative estimate of drug-likeness (QED) is 0.0677. The number of ketones is 2. The Bertz CT molecular complexity index is 1460. The number of ether oxygens (including phenoxy) is 4. The van der Waals surface area contributed by atoms with Crippen LogP contribution in [0.2, 0.25) is 0 Å². The molecule has 51 heavy (non-hydrogen) atoms. The summed E-state index contributed by atoms with van der Waals surface area (Å²) in [5.41, 5.74) is 0.449. The number of carbonyl (C=O) groups is 2. The molecule has 0 heterocycles. The number of benzene rings is 2. The van der Waals surface area contributed by atoms with Gasteiger partial charge in [0.25, 0.3) is 0 Å². The van der Waals surface area contributed by atoms with Gasteiger partial charge in [-0.1, -0.05) is 111 Å². The standard InChI is InChI=1S/C43H58N2O6/c1-42(2,3)40(46)34(30-44)26-32-20-22-36(38(28-32)48-7)50-24-18-16-14-12-10-9-11-13-15-17-19-25-51-37-23-21-33(29-39(37)49-8)27-35(31-45)41(47)43(4,5)6/h20-23,26-29H,9-19,24-25H2,1-8H3. The van der Waals surface area contributed by atoms with E-state index in [2.05, 4.69) is 0 Å². The van der Waals surface area contributed by atoms with Crippen LogP contribution in [-0.2, 0) is 9.59 Å². The largest absolute Gasteiger partial charge is 0.493 e. The second kappa shape index (κ2) is 21.6. The molecule has 0 fully saturated rings. The van der Waals surface area contributed by atoms with E-state index >= 15 is 0 Å². The molecule has 0 atom stereocenters. The van der Waals surface area contributed by atoms with Gasteiger partial charge in [-0.2, -0.15) is 10.5 Å². The predicted octanol–water partition coefficient (Wildman–Crippen LogP) is 10.5. The van der Waals surface area contributed by atoms with E-state index in [1.807, 2.05) is 36.4 Å². The third-order valence-electron chi connectivity index (χ3n) is 8.39. The molecule has 0 aliphatic heterocycles. The summed E-state index contributed by atoms with van der Waals surface area (Å²) in [5, 5.41) is 18.9. The summed E-state index contributed by atoms with van der Waals surface area (Å²) in [6.07, 6.45) is 16.0. The predicted molar refractivity (Wildman–Crippen MR) is 204 cm³/mol. The van der Waals surface area contributed by atoms with Gasteiger partial charge in [0.1, 0.15) is 12.1 Å². The summed E-state index contributed by atoms with van der Waals surface area (Å²) in [7, 11) is 3.17. The van der Waals surface area contributed by atoms with Gasteiger partial charge in [-0.05, 0) is 60.4 Å². The number of nitrogens with zero attached hydrogens (tertiary/aromatic N) is 2. The second-order valence-corrected chi connectivity index (χ2v) is 14.9. The maximum absolute atomic E-state index is 12.5. The molecule has 2 rings (SSSR count). The molecular formula is C43H58N2O6. The van der Waals surface area contributed by atoms with Crippen molar-refractivity contribution >= 4 is 23.7 Å². The van der Waals surface area contributed by atoms with Gasteiger partial charge >= 0.3 is 0 Å². The Labute approximate surface area is 306 Å². The highest BCUT2D eigenvalue weighted by Gasteiger charge is 2.26. The van der Waals surface area contributed by atoms with Crippen molar-refractivity contribution in [1.29, 1.82) is 10.5 Å². The average molecular weight is 699 g/mol. The Balaban J connectivity index is 1.58.